The van der Waals surface area contributed by atoms with Crippen LogP contribution in [0.15, 0.2) is 71.2 Å². The maximum atomic E-state index is 14.2. The van der Waals surface area contributed by atoms with Crippen molar-refractivity contribution in [1.29, 1.82) is 0 Å². The van der Waals surface area contributed by atoms with Gasteiger partial charge >= 0.3 is 6.18 Å². The van der Waals surface area contributed by atoms with Crippen LogP contribution >= 0.6 is 39.1 Å². The number of carbonyl (C=O) groups is 1. The normalized spacial score (nSPS) is 17.8. The standard InChI is InChI=1S/C24H16BrCl2F3N2O2/c1-13-5-6-14(8-20(13)31-22(33)15-3-2-4-17(25)7-15)21-12-23(34-32-21,24(28,29)30)16-9-18(26)11-19(27)10-16/h2-12,32H,1H3,(H,31,33). The van der Waals surface area contributed by atoms with E-state index in [1.807, 2.05) is 0 Å². The van der Waals surface area contributed by atoms with Gasteiger partial charge in [0, 0.05) is 36.9 Å². The molecular formula is C24H16BrCl2F3N2O2. The molecule has 4 rings (SSSR count). The van der Waals surface area contributed by atoms with Crippen LogP contribution in [0.5, 0.6) is 0 Å². The molecule has 0 bridgehead atoms. The summed E-state index contributed by atoms with van der Waals surface area (Å²) in [5.41, 5.74) is 1.37. The molecule has 1 amide bonds. The average molecular weight is 572 g/mol. The van der Waals surface area contributed by atoms with Crippen LogP contribution in [0.2, 0.25) is 10.0 Å². The summed E-state index contributed by atoms with van der Waals surface area (Å²) in [6, 6.07) is 15.4. The van der Waals surface area contributed by atoms with Crippen LogP contribution in [-0.4, -0.2) is 12.1 Å². The molecular weight excluding hydrogens is 556 g/mol. The molecule has 176 valence electrons. The highest BCUT2D eigenvalue weighted by atomic mass is 79.9. The number of rotatable bonds is 4. The van der Waals surface area contributed by atoms with Crippen molar-refractivity contribution < 1.29 is 22.8 Å². The summed E-state index contributed by atoms with van der Waals surface area (Å²) in [6.45, 7) is 1.78. The summed E-state index contributed by atoms with van der Waals surface area (Å²) in [5, 5.41) is 2.89. The Balaban J connectivity index is 1.71. The second-order valence-corrected chi connectivity index (χ2v) is 9.44. The van der Waals surface area contributed by atoms with E-state index in [4.69, 9.17) is 28.0 Å². The van der Waals surface area contributed by atoms with Gasteiger partial charge in [-0.3, -0.25) is 15.1 Å². The lowest BCUT2D eigenvalue weighted by molar-refractivity contribution is -0.269. The minimum Gasteiger partial charge on any atom is -0.322 e. The third-order valence-corrected chi connectivity index (χ3v) is 6.20. The SMILES string of the molecule is Cc1ccc(C2=CC(c3cc(Cl)cc(Cl)c3)(C(F)(F)F)ON2)cc1NC(=O)c1cccc(Br)c1. The smallest absolute Gasteiger partial charge is 0.322 e. The molecule has 34 heavy (non-hydrogen) atoms. The summed E-state index contributed by atoms with van der Waals surface area (Å²) in [7, 11) is 0. The van der Waals surface area contributed by atoms with E-state index in [0.717, 1.165) is 28.2 Å². The molecule has 0 spiro atoms. The first-order valence-electron chi connectivity index (χ1n) is 9.87. The number of amides is 1. The van der Waals surface area contributed by atoms with Gasteiger partial charge in [-0.15, -0.1) is 0 Å². The predicted octanol–water partition coefficient (Wildman–Crippen LogP) is 7.65. The topological polar surface area (TPSA) is 50.4 Å². The lowest BCUT2D eigenvalue weighted by Gasteiger charge is -2.28. The van der Waals surface area contributed by atoms with E-state index in [0.29, 0.717) is 16.8 Å². The zero-order valence-electron chi connectivity index (χ0n) is 17.4. The fourth-order valence-electron chi connectivity index (χ4n) is 3.50. The molecule has 0 saturated carbocycles. The maximum Gasteiger partial charge on any atom is 0.428 e. The van der Waals surface area contributed by atoms with Crippen LogP contribution in [0, 0.1) is 6.92 Å². The number of halogens is 6. The minimum atomic E-state index is -4.82. The van der Waals surface area contributed by atoms with Crippen LogP contribution in [0.4, 0.5) is 18.9 Å². The zero-order valence-corrected chi connectivity index (χ0v) is 20.5. The average Bonchev–Trinajstić information content (AvgIpc) is 3.22. The monoisotopic (exact) mass is 570 g/mol. The molecule has 3 aromatic rings. The summed E-state index contributed by atoms with van der Waals surface area (Å²) >= 11 is 15.2. The number of nitrogens with one attached hydrogen (secondary N) is 2. The molecule has 3 aromatic carbocycles. The van der Waals surface area contributed by atoms with Gasteiger partial charge < -0.3 is 5.32 Å². The quantitative estimate of drug-likeness (QED) is 0.338. The number of anilines is 1. The van der Waals surface area contributed by atoms with Crippen LogP contribution in [-0.2, 0) is 10.4 Å². The van der Waals surface area contributed by atoms with Gasteiger partial charge in [-0.25, -0.2) is 0 Å². The fourth-order valence-corrected chi connectivity index (χ4v) is 4.43. The Labute approximate surface area is 211 Å². The first kappa shape index (κ1) is 24.6. The van der Waals surface area contributed by atoms with E-state index >= 15 is 0 Å². The van der Waals surface area contributed by atoms with Crippen LogP contribution in [0.1, 0.15) is 27.0 Å². The van der Waals surface area contributed by atoms with Gasteiger partial charge in [0.1, 0.15) is 0 Å². The van der Waals surface area contributed by atoms with Gasteiger partial charge in [0.25, 0.3) is 5.91 Å². The van der Waals surface area contributed by atoms with Crippen LogP contribution in [0.25, 0.3) is 5.70 Å². The number of hydrogen-bond acceptors (Lipinski definition) is 3. The number of hydrogen-bond donors (Lipinski definition) is 2. The van der Waals surface area contributed by atoms with Crippen LogP contribution in [0.3, 0.4) is 0 Å². The molecule has 0 aromatic heterocycles. The lowest BCUT2D eigenvalue weighted by atomic mass is 9.91. The first-order valence-corrected chi connectivity index (χ1v) is 11.4. The number of carbonyl (C=O) groups excluding carboxylic acids is 1. The molecule has 1 unspecified atom stereocenters. The van der Waals surface area contributed by atoms with E-state index in [-0.39, 0.29) is 27.2 Å². The Morgan fingerprint density at radius 2 is 1.76 bits per heavy atom. The number of benzene rings is 3. The molecule has 1 heterocycles. The Morgan fingerprint density at radius 1 is 1.06 bits per heavy atom. The van der Waals surface area contributed by atoms with E-state index in [1.54, 1.807) is 49.4 Å². The Morgan fingerprint density at radius 3 is 2.41 bits per heavy atom. The highest BCUT2D eigenvalue weighted by Gasteiger charge is 2.59. The van der Waals surface area contributed by atoms with Crippen molar-refractivity contribution in [3.05, 3.63) is 104 Å². The molecule has 1 aliphatic rings. The predicted molar refractivity (Wildman–Crippen MR) is 130 cm³/mol. The van der Waals surface area contributed by atoms with Crippen molar-refractivity contribution in [3.8, 4) is 0 Å². The van der Waals surface area contributed by atoms with Gasteiger partial charge in [0.15, 0.2) is 0 Å². The first-order chi connectivity index (χ1) is 16.0. The Bertz CT molecular complexity index is 1290. The second kappa shape index (κ2) is 9.26. The summed E-state index contributed by atoms with van der Waals surface area (Å²) in [4.78, 5) is 17.8. The highest BCUT2D eigenvalue weighted by molar-refractivity contribution is 9.10. The molecule has 0 aliphatic carbocycles. The number of hydroxylamine groups is 1. The van der Waals surface area contributed by atoms with Gasteiger partial charge in [-0.2, -0.15) is 13.2 Å². The summed E-state index contributed by atoms with van der Waals surface area (Å²) in [5.74, 6) is -0.357. The molecule has 0 radical (unpaired) electrons. The Kier molecular flexibility index (Phi) is 6.70. The zero-order chi connectivity index (χ0) is 24.7. The van der Waals surface area contributed by atoms with Gasteiger partial charge in [0.05, 0.1) is 5.70 Å². The minimum absolute atomic E-state index is 0.0458. The number of aryl methyl sites for hydroxylation is 1. The van der Waals surface area contributed by atoms with Crippen molar-refractivity contribution in [2.75, 3.05) is 5.32 Å². The van der Waals surface area contributed by atoms with Crippen molar-refractivity contribution >= 4 is 56.4 Å². The largest absolute Gasteiger partial charge is 0.428 e. The van der Waals surface area contributed by atoms with Gasteiger partial charge in [-0.1, -0.05) is 57.3 Å². The molecule has 1 atom stereocenters. The third kappa shape index (κ3) is 4.81. The van der Waals surface area contributed by atoms with E-state index in [1.165, 1.54) is 6.07 Å². The molecule has 2 N–H and O–H groups in total. The van der Waals surface area contributed by atoms with E-state index in [2.05, 4.69) is 26.7 Å². The Hall–Kier alpha value is -2.52. The van der Waals surface area contributed by atoms with Crippen molar-refractivity contribution in [1.82, 2.24) is 5.48 Å². The molecule has 1 aliphatic heterocycles. The van der Waals surface area contributed by atoms with Crippen molar-refractivity contribution in [3.63, 3.8) is 0 Å². The fraction of sp³-hybridized carbons (Fsp3) is 0.125. The summed E-state index contributed by atoms with van der Waals surface area (Å²) < 4.78 is 43.4. The molecule has 4 nitrogen and oxygen atoms in total. The van der Waals surface area contributed by atoms with E-state index < -0.39 is 11.8 Å². The maximum absolute atomic E-state index is 14.2. The second-order valence-electron chi connectivity index (χ2n) is 7.65. The lowest BCUT2D eigenvalue weighted by Crippen LogP contribution is -2.42. The molecule has 0 fully saturated rings. The third-order valence-electron chi connectivity index (χ3n) is 5.27. The van der Waals surface area contributed by atoms with Crippen molar-refractivity contribution in [2.45, 2.75) is 18.7 Å². The van der Waals surface area contributed by atoms with Gasteiger partial charge in [0.2, 0.25) is 5.60 Å². The highest BCUT2D eigenvalue weighted by Crippen LogP contribution is 2.48. The van der Waals surface area contributed by atoms with Gasteiger partial charge in [-0.05, 0) is 61.0 Å². The number of alkyl halides is 3. The van der Waals surface area contributed by atoms with E-state index in [9.17, 15) is 18.0 Å². The molecule has 10 heteroatoms. The summed E-state index contributed by atoms with van der Waals surface area (Å²) in [6.07, 6.45) is -3.89. The van der Waals surface area contributed by atoms with Crippen LogP contribution < -0.4 is 10.8 Å². The van der Waals surface area contributed by atoms with Crippen molar-refractivity contribution in [2.24, 2.45) is 0 Å². The molecule has 0 saturated heterocycles.